The highest BCUT2D eigenvalue weighted by atomic mass is 79.9. The van der Waals surface area contributed by atoms with Crippen molar-refractivity contribution in [1.82, 2.24) is 0 Å². The molecule has 1 atom stereocenters. The van der Waals surface area contributed by atoms with Crippen molar-refractivity contribution in [2.45, 2.75) is 31.7 Å². The third kappa shape index (κ3) is 3.33. The van der Waals surface area contributed by atoms with E-state index in [1.807, 2.05) is 6.07 Å². The van der Waals surface area contributed by atoms with Crippen molar-refractivity contribution in [2.75, 3.05) is 7.11 Å². The molecule has 2 N–H and O–H groups in total. The molecule has 0 radical (unpaired) electrons. The lowest BCUT2D eigenvalue weighted by Gasteiger charge is -2.18. The van der Waals surface area contributed by atoms with Gasteiger partial charge in [-0.05, 0) is 59.3 Å². The van der Waals surface area contributed by atoms with Crippen LogP contribution in [0.4, 0.5) is 0 Å². The zero-order valence-corrected chi connectivity index (χ0v) is 11.7. The summed E-state index contributed by atoms with van der Waals surface area (Å²) >= 11 is 3.52. The monoisotopic (exact) mass is 295 g/mol. The molecular formula is C14H18BrNO. The molecule has 0 fully saturated rings. The minimum atomic E-state index is 0.362. The smallest absolute Gasteiger partial charge is 0.133 e. The van der Waals surface area contributed by atoms with Crippen LogP contribution < -0.4 is 10.5 Å². The number of allylic oxidation sites excluding steroid dienone is 1. The summed E-state index contributed by atoms with van der Waals surface area (Å²) in [4.78, 5) is 0. The maximum Gasteiger partial charge on any atom is 0.133 e. The maximum atomic E-state index is 5.88. The first-order chi connectivity index (χ1) is 8.19. The second kappa shape index (κ2) is 5.69. The van der Waals surface area contributed by atoms with Gasteiger partial charge in [0, 0.05) is 6.04 Å². The van der Waals surface area contributed by atoms with Crippen molar-refractivity contribution < 1.29 is 4.74 Å². The summed E-state index contributed by atoms with van der Waals surface area (Å²) in [6.07, 6.45) is 6.59. The van der Waals surface area contributed by atoms with E-state index < -0.39 is 0 Å². The van der Waals surface area contributed by atoms with Crippen LogP contribution in [0.3, 0.4) is 0 Å². The zero-order valence-electron chi connectivity index (χ0n) is 10.1. The summed E-state index contributed by atoms with van der Waals surface area (Å²) in [5.74, 6) is 0.883. The number of benzene rings is 1. The van der Waals surface area contributed by atoms with Crippen LogP contribution in [-0.4, -0.2) is 13.2 Å². The summed E-state index contributed by atoms with van der Waals surface area (Å²) in [7, 11) is 1.69. The van der Waals surface area contributed by atoms with Gasteiger partial charge in [0.25, 0.3) is 0 Å². The molecule has 0 saturated heterocycles. The van der Waals surface area contributed by atoms with Crippen molar-refractivity contribution in [1.29, 1.82) is 0 Å². The molecular weight excluding hydrogens is 278 g/mol. The van der Waals surface area contributed by atoms with Crippen molar-refractivity contribution in [2.24, 2.45) is 5.73 Å². The van der Waals surface area contributed by atoms with E-state index in [4.69, 9.17) is 10.5 Å². The Labute approximate surface area is 111 Å². The van der Waals surface area contributed by atoms with E-state index in [0.717, 1.165) is 35.9 Å². The molecule has 1 aliphatic carbocycles. The van der Waals surface area contributed by atoms with Crippen LogP contribution in [0.25, 0.3) is 0 Å². The Morgan fingerprint density at radius 2 is 2.29 bits per heavy atom. The molecule has 1 aliphatic rings. The largest absolute Gasteiger partial charge is 0.496 e. The van der Waals surface area contributed by atoms with Crippen molar-refractivity contribution in [3.8, 4) is 5.75 Å². The number of methoxy groups -OCH3 is 1. The highest BCUT2D eigenvalue weighted by Gasteiger charge is 2.11. The number of nitrogens with two attached hydrogens (primary N) is 1. The molecule has 1 unspecified atom stereocenters. The SMILES string of the molecule is COc1ccc(CC2=CCC(N)CC2)cc1Br. The fourth-order valence-corrected chi connectivity index (χ4v) is 2.74. The first-order valence-electron chi connectivity index (χ1n) is 5.95. The molecule has 0 spiro atoms. The summed E-state index contributed by atoms with van der Waals surface area (Å²) in [5, 5.41) is 0. The first kappa shape index (κ1) is 12.7. The molecule has 0 amide bonds. The molecule has 2 nitrogen and oxygen atoms in total. The normalized spacial score (nSPS) is 19.9. The van der Waals surface area contributed by atoms with Gasteiger partial charge in [0.1, 0.15) is 5.75 Å². The van der Waals surface area contributed by atoms with Crippen LogP contribution in [0.2, 0.25) is 0 Å². The Bertz CT molecular complexity index is 428. The lowest BCUT2D eigenvalue weighted by molar-refractivity contribution is 0.412. The van der Waals surface area contributed by atoms with Gasteiger partial charge < -0.3 is 10.5 Å². The Morgan fingerprint density at radius 3 is 2.88 bits per heavy atom. The molecule has 92 valence electrons. The predicted octanol–water partition coefficient (Wildman–Crippen LogP) is 3.44. The number of hydrogen-bond donors (Lipinski definition) is 1. The number of halogens is 1. The van der Waals surface area contributed by atoms with Gasteiger partial charge in [-0.1, -0.05) is 17.7 Å². The summed E-state index contributed by atoms with van der Waals surface area (Å²) in [5.41, 5.74) is 8.71. The van der Waals surface area contributed by atoms with Gasteiger partial charge in [-0.3, -0.25) is 0 Å². The molecule has 0 saturated carbocycles. The van der Waals surface area contributed by atoms with Crippen LogP contribution in [0, 0.1) is 0 Å². The third-order valence-electron chi connectivity index (χ3n) is 3.19. The average Bonchev–Trinajstić information content (AvgIpc) is 2.32. The third-order valence-corrected chi connectivity index (χ3v) is 3.81. The van der Waals surface area contributed by atoms with Crippen molar-refractivity contribution in [3.05, 3.63) is 39.9 Å². The van der Waals surface area contributed by atoms with E-state index in [1.165, 1.54) is 11.1 Å². The Balaban J connectivity index is 2.06. The van der Waals surface area contributed by atoms with Gasteiger partial charge in [0.15, 0.2) is 0 Å². The Hall–Kier alpha value is -0.800. The standard InChI is InChI=1S/C14H18BrNO/c1-17-14-7-4-11(9-13(14)15)8-10-2-5-12(16)6-3-10/h2,4,7,9,12H,3,5-6,8,16H2,1H3. The van der Waals surface area contributed by atoms with E-state index in [-0.39, 0.29) is 0 Å². The van der Waals surface area contributed by atoms with E-state index in [0.29, 0.717) is 6.04 Å². The highest BCUT2D eigenvalue weighted by Crippen LogP contribution is 2.28. The summed E-state index contributed by atoms with van der Waals surface area (Å²) in [6, 6.07) is 6.63. The average molecular weight is 296 g/mol. The van der Waals surface area contributed by atoms with E-state index >= 15 is 0 Å². The second-order valence-electron chi connectivity index (χ2n) is 4.54. The molecule has 0 aromatic heterocycles. The predicted molar refractivity (Wildman–Crippen MR) is 74.3 cm³/mol. The lowest BCUT2D eigenvalue weighted by Crippen LogP contribution is -2.22. The molecule has 0 heterocycles. The molecule has 0 aliphatic heterocycles. The van der Waals surface area contributed by atoms with Crippen molar-refractivity contribution >= 4 is 15.9 Å². The minimum absolute atomic E-state index is 0.362. The van der Waals surface area contributed by atoms with E-state index in [9.17, 15) is 0 Å². The van der Waals surface area contributed by atoms with Crippen LogP contribution in [0.1, 0.15) is 24.8 Å². The van der Waals surface area contributed by atoms with E-state index in [1.54, 1.807) is 7.11 Å². The number of ether oxygens (including phenoxy) is 1. The van der Waals surface area contributed by atoms with Gasteiger partial charge in [-0.15, -0.1) is 0 Å². The molecule has 0 bridgehead atoms. The Kier molecular flexibility index (Phi) is 4.24. The van der Waals surface area contributed by atoms with Crippen LogP contribution in [-0.2, 0) is 6.42 Å². The quantitative estimate of drug-likeness (QED) is 0.867. The van der Waals surface area contributed by atoms with E-state index in [2.05, 4.69) is 34.1 Å². The van der Waals surface area contributed by atoms with Gasteiger partial charge in [-0.2, -0.15) is 0 Å². The summed E-state index contributed by atoms with van der Waals surface area (Å²) in [6.45, 7) is 0. The Morgan fingerprint density at radius 1 is 1.47 bits per heavy atom. The topological polar surface area (TPSA) is 35.2 Å². The maximum absolute atomic E-state index is 5.88. The fraction of sp³-hybridized carbons (Fsp3) is 0.429. The number of rotatable bonds is 3. The van der Waals surface area contributed by atoms with Crippen molar-refractivity contribution in [3.63, 3.8) is 0 Å². The number of hydrogen-bond acceptors (Lipinski definition) is 2. The van der Waals surface area contributed by atoms with Crippen LogP contribution in [0.15, 0.2) is 34.3 Å². The van der Waals surface area contributed by atoms with Gasteiger partial charge in [-0.25, -0.2) is 0 Å². The first-order valence-corrected chi connectivity index (χ1v) is 6.74. The minimum Gasteiger partial charge on any atom is -0.496 e. The van der Waals surface area contributed by atoms with Gasteiger partial charge >= 0.3 is 0 Å². The highest BCUT2D eigenvalue weighted by molar-refractivity contribution is 9.10. The van der Waals surface area contributed by atoms with Gasteiger partial charge in [0.2, 0.25) is 0 Å². The fourth-order valence-electron chi connectivity index (χ4n) is 2.15. The lowest BCUT2D eigenvalue weighted by atomic mass is 9.92. The van der Waals surface area contributed by atoms with Gasteiger partial charge in [0.05, 0.1) is 11.6 Å². The molecule has 1 aromatic rings. The summed E-state index contributed by atoms with van der Waals surface area (Å²) < 4.78 is 6.25. The molecule has 17 heavy (non-hydrogen) atoms. The molecule has 2 rings (SSSR count). The van der Waals surface area contributed by atoms with Crippen LogP contribution >= 0.6 is 15.9 Å². The zero-order chi connectivity index (χ0) is 12.3. The molecule has 1 aromatic carbocycles. The van der Waals surface area contributed by atoms with Crippen LogP contribution in [0.5, 0.6) is 5.75 Å². The molecule has 3 heteroatoms. The second-order valence-corrected chi connectivity index (χ2v) is 5.40.